The van der Waals surface area contributed by atoms with Crippen molar-refractivity contribution in [1.29, 1.82) is 0 Å². The summed E-state index contributed by atoms with van der Waals surface area (Å²) in [7, 11) is 0. The van der Waals surface area contributed by atoms with Crippen LogP contribution in [-0.2, 0) is 0 Å². The Kier molecular flexibility index (Phi) is 1.53. The minimum absolute atomic E-state index is 0.0694. The van der Waals surface area contributed by atoms with E-state index >= 15 is 0 Å². The molecule has 0 amide bonds. The maximum Gasteiger partial charge on any atom is 0.125 e. The molecule has 0 heterocycles. The van der Waals surface area contributed by atoms with Gasteiger partial charge in [0.25, 0.3) is 0 Å². The maximum atomic E-state index is 9.16. The summed E-state index contributed by atoms with van der Waals surface area (Å²) in [6.45, 7) is 5.20. The second-order valence-electron chi connectivity index (χ2n) is 2.22. The molecule has 0 aromatic heterocycles. The van der Waals surface area contributed by atoms with Gasteiger partial charge in [-0.15, -0.1) is 0 Å². The number of hydrogen-bond acceptors (Lipinski definition) is 2. The summed E-state index contributed by atoms with van der Waals surface area (Å²) >= 11 is 0. The Morgan fingerprint density at radius 1 is 1.30 bits per heavy atom. The molecule has 2 heteroatoms. The Morgan fingerprint density at radius 3 is 2.40 bits per heavy atom. The predicted octanol–water partition coefficient (Wildman–Crippen LogP) is 1.59. The quantitative estimate of drug-likeness (QED) is 0.570. The Labute approximate surface area is 59.7 Å². The monoisotopic (exact) mass is 137 g/mol. The van der Waals surface area contributed by atoms with E-state index in [0.29, 0.717) is 11.1 Å². The summed E-state index contributed by atoms with van der Waals surface area (Å²) in [5.41, 5.74) is 1.02. The molecule has 0 saturated carbocycles. The molecule has 10 heavy (non-hydrogen) atoms. The molecule has 53 valence electrons. The first-order valence-corrected chi connectivity index (χ1v) is 2.96. The molecule has 2 N–H and O–H groups in total. The topological polar surface area (TPSA) is 40.5 Å². The van der Waals surface area contributed by atoms with Gasteiger partial charge in [-0.2, -0.15) is 0 Å². The molecule has 0 aliphatic carbocycles. The number of benzene rings is 1. The smallest absolute Gasteiger partial charge is 0.125 e. The van der Waals surface area contributed by atoms with Crippen LogP contribution in [0.3, 0.4) is 0 Å². The van der Waals surface area contributed by atoms with E-state index < -0.39 is 0 Å². The molecular weight excluding hydrogens is 128 g/mol. The van der Waals surface area contributed by atoms with Gasteiger partial charge in [0.2, 0.25) is 0 Å². The van der Waals surface area contributed by atoms with Crippen molar-refractivity contribution >= 4 is 0 Å². The molecule has 0 aliphatic heterocycles. The number of rotatable bonds is 0. The lowest BCUT2D eigenvalue weighted by Gasteiger charge is -2.03. The van der Waals surface area contributed by atoms with Crippen molar-refractivity contribution in [3.05, 3.63) is 30.2 Å². The zero-order valence-corrected chi connectivity index (χ0v) is 5.76. The molecule has 1 rings (SSSR count). The molecule has 1 aromatic carbocycles. The molecule has 2 nitrogen and oxygen atoms in total. The Hall–Kier alpha value is -1.18. The van der Waals surface area contributed by atoms with Crippen LogP contribution in [0.2, 0.25) is 0 Å². The van der Waals surface area contributed by atoms with Crippen LogP contribution < -0.4 is 0 Å². The van der Waals surface area contributed by atoms with Crippen molar-refractivity contribution in [3.63, 3.8) is 0 Å². The number of aromatic hydroxyl groups is 2. The zero-order valence-electron chi connectivity index (χ0n) is 5.76. The summed E-state index contributed by atoms with van der Waals surface area (Å²) in [5, 5.41) is 18.2. The number of hydrogen-bond donors (Lipinski definition) is 2. The van der Waals surface area contributed by atoms with Crippen LogP contribution in [0.4, 0.5) is 0 Å². The van der Waals surface area contributed by atoms with Crippen LogP contribution in [0.1, 0.15) is 11.1 Å². The van der Waals surface area contributed by atoms with E-state index in [2.05, 4.69) is 6.92 Å². The highest BCUT2D eigenvalue weighted by atomic mass is 16.3. The first-order valence-electron chi connectivity index (χ1n) is 2.96. The van der Waals surface area contributed by atoms with Crippen LogP contribution in [0.25, 0.3) is 0 Å². The fourth-order valence-corrected chi connectivity index (χ4v) is 0.746. The minimum Gasteiger partial charge on any atom is -0.508 e. The molecule has 0 atom stereocenters. The van der Waals surface area contributed by atoms with E-state index in [4.69, 9.17) is 10.2 Å². The fourth-order valence-electron chi connectivity index (χ4n) is 0.746. The molecule has 0 unspecified atom stereocenters. The predicted molar refractivity (Wildman–Crippen MR) is 39.0 cm³/mol. The van der Waals surface area contributed by atoms with Gasteiger partial charge in [-0.1, -0.05) is 6.07 Å². The molecular formula is C8H9O2. The molecule has 0 saturated heterocycles. The third-order valence-corrected chi connectivity index (χ3v) is 1.49. The largest absolute Gasteiger partial charge is 0.508 e. The van der Waals surface area contributed by atoms with Crippen molar-refractivity contribution in [1.82, 2.24) is 0 Å². The minimum atomic E-state index is 0.0694. The van der Waals surface area contributed by atoms with E-state index in [-0.39, 0.29) is 11.5 Å². The van der Waals surface area contributed by atoms with Crippen LogP contribution in [0, 0.1) is 13.8 Å². The van der Waals surface area contributed by atoms with Crippen molar-refractivity contribution in [2.45, 2.75) is 6.92 Å². The van der Waals surface area contributed by atoms with Crippen molar-refractivity contribution in [3.8, 4) is 11.5 Å². The lowest BCUT2D eigenvalue weighted by atomic mass is 10.1. The van der Waals surface area contributed by atoms with Crippen molar-refractivity contribution < 1.29 is 10.2 Å². The van der Waals surface area contributed by atoms with Crippen LogP contribution in [-0.4, -0.2) is 10.2 Å². The van der Waals surface area contributed by atoms with Crippen LogP contribution in [0.5, 0.6) is 11.5 Å². The zero-order chi connectivity index (χ0) is 7.72. The molecule has 0 aliphatic rings. The Morgan fingerprint density at radius 2 is 1.90 bits per heavy atom. The van der Waals surface area contributed by atoms with E-state index in [1.165, 1.54) is 6.07 Å². The van der Waals surface area contributed by atoms with Crippen molar-refractivity contribution in [2.75, 3.05) is 0 Å². The lowest BCUT2D eigenvalue weighted by Crippen LogP contribution is -1.79. The van der Waals surface area contributed by atoms with Gasteiger partial charge in [-0.05, 0) is 25.5 Å². The normalized spacial score (nSPS) is 9.80. The molecule has 0 fully saturated rings. The summed E-state index contributed by atoms with van der Waals surface area (Å²) < 4.78 is 0. The molecule has 0 spiro atoms. The van der Waals surface area contributed by atoms with Gasteiger partial charge >= 0.3 is 0 Å². The fraction of sp³-hybridized carbons (Fsp3) is 0.125. The van der Waals surface area contributed by atoms with Gasteiger partial charge < -0.3 is 10.2 Å². The van der Waals surface area contributed by atoms with Crippen molar-refractivity contribution in [2.24, 2.45) is 0 Å². The molecule has 0 bridgehead atoms. The maximum absolute atomic E-state index is 9.16. The SMILES string of the molecule is [CH2]c1ccc(O)c(C)c1O. The number of phenolic OH excluding ortho intramolecular Hbond substituents is 2. The molecule has 1 radical (unpaired) electrons. The first-order chi connectivity index (χ1) is 4.63. The average Bonchev–Trinajstić information content (AvgIpc) is 1.93. The third-order valence-electron chi connectivity index (χ3n) is 1.49. The van der Waals surface area contributed by atoms with Gasteiger partial charge in [0, 0.05) is 5.56 Å². The lowest BCUT2D eigenvalue weighted by molar-refractivity contribution is 0.442. The van der Waals surface area contributed by atoms with E-state index in [9.17, 15) is 0 Å². The van der Waals surface area contributed by atoms with E-state index in [0.717, 1.165) is 0 Å². The van der Waals surface area contributed by atoms with E-state index in [1.807, 2.05) is 0 Å². The van der Waals surface area contributed by atoms with Gasteiger partial charge in [0.15, 0.2) is 0 Å². The second-order valence-corrected chi connectivity index (χ2v) is 2.22. The number of phenols is 2. The summed E-state index contributed by atoms with van der Waals surface area (Å²) in [4.78, 5) is 0. The van der Waals surface area contributed by atoms with Gasteiger partial charge in [-0.3, -0.25) is 0 Å². The standard InChI is InChI=1S/C8H9O2/c1-5-3-4-7(9)6(2)8(5)10/h3-4,9-10H,1H2,2H3. The average molecular weight is 137 g/mol. The third kappa shape index (κ3) is 0.923. The summed E-state index contributed by atoms with van der Waals surface area (Å²) in [6.07, 6.45) is 0. The summed E-state index contributed by atoms with van der Waals surface area (Å²) in [6, 6.07) is 3.08. The highest BCUT2D eigenvalue weighted by Crippen LogP contribution is 2.28. The Balaban J connectivity index is 3.34. The highest BCUT2D eigenvalue weighted by molar-refractivity contribution is 5.48. The van der Waals surface area contributed by atoms with Gasteiger partial charge in [-0.25, -0.2) is 0 Å². The molecule has 1 aromatic rings. The van der Waals surface area contributed by atoms with Gasteiger partial charge in [0.05, 0.1) is 0 Å². The van der Waals surface area contributed by atoms with E-state index in [1.54, 1.807) is 13.0 Å². The Bertz CT molecular complexity index is 227. The van der Waals surface area contributed by atoms with Gasteiger partial charge in [0.1, 0.15) is 11.5 Å². The van der Waals surface area contributed by atoms with Crippen LogP contribution >= 0.6 is 0 Å². The second kappa shape index (κ2) is 2.21. The van der Waals surface area contributed by atoms with Crippen LogP contribution in [0.15, 0.2) is 12.1 Å². The summed E-state index contributed by atoms with van der Waals surface area (Å²) in [5.74, 6) is 0.171. The highest BCUT2D eigenvalue weighted by Gasteiger charge is 2.02. The first kappa shape index (κ1) is 6.93.